The molecule has 0 bridgehead atoms. The van der Waals surface area contributed by atoms with Crippen LogP contribution in [0.3, 0.4) is 0 Å². The molecule has 5 aromatic rings. The van der Waals surface area contributed by atoms with Crippen molar-refractivity contribution in [2.45, 2.75) is 11.8 Å². The molecule has 9 heteroatoms. The SMILES string of the molecule is Cc1ccc(S(=O)(=O)Nc2ccc(Nc3nccn4c(-c5ccco5)cnc34)cc2)cc1. The first-order valence-corrected chi connectivity index (χ1v) is 11.3. The van der Waals surface area contributed by atoms with Gasteiger partial charge in [-0.15, -0.1) is 0 Å². The Balaban J connectivity index is 1.36. The molecule has 0 aliphatic rings. The quantitative estimate of drug-likeness (QED) is 0.388. The lowest BCUT2D eigenvalue weighted by Crippen LogP contribution is -2.12. The summed E-state index contributed by atoms with van der Waals surface area (Å²) in [5.74, 6) is 1.28. The number of hydrogen-bond donors (Lipinski definition) is 2. The molecule has 3 heterocycles. The molecule has 0 saturated heterocycles. The summed E-state index contributed by atoms with van der Waals surface area (Å²) in [5.41, 5.74) is 3.66. The number of nitrogens with zero attached hydrogens (tertiary/aromatic N) is 3. The monoisotopic (exact) mass is 445 g/mol. The zero-order valence-electron chi connectivity index (χ0n) is 17.1. The van der Waals surface area contributed by atoms with Crippen molar-refractivity contribution in [2.24, 2.45) is 0 Å². The summed E-state index contributed by atoms with van der Waals surface area (Å²) in [6.45, 7) is 1.91. The van der Waals surface area contributed by atoms with Crippen molar-refractivity contribution in [1.82, 2.24) is 14.4 Å². The van der Waals surface area contributed by atoms with Crippen molar-refractivity contribution in [1.29, 1.82) is 0 Å². The second-order valence-corrected chi connectivity index (χ2v) is 8.89. The molecular weight excluding hydrogens is 426 g/mol. The Bertz CT molecular complexity index is 1470. The van der Waals surface area contributed by atoms with Crippen molar-refractivity contribution in [2.75, 3.05) is 10.0 Å². The van der Waals surface area contributed by atoms with Crippen LogP contribution in [-0.4, -0.2) is 22.8 Å². The molecule has 160 valence electrons. The molecule has 5 rings (SSSR count). The van der Waals surface area contributed by atoms with Gasteiger partial charge in [0.05, 0.1) is 17.4 Å². The summed E-state index contributed by atoms with van der Waals surface area (Å²) in [5, 5.41) is 3.23. The smallest absolute Gasteiger partial charge is 0.261 e. The van der Waals surface area contributed by atoms with Crippen molar-refractivity contribution in [3.63, 3.8) is 0 Å². The first kappa shape index (κ1) is 19.8. The largest absolute Gasteiger partial charge is 0.463 e. The third-order valence-electron chi connectivity index (χ3n) is 4.93. The van der Waals surface area contributed by atoms with Gasteiger partial charge in [0.25, 0.3) is 10.0 Å². The van der Waals surface area contributed by atoms with Crippen LogP contribution < -0.4 is 10.0 Å². The van der Waals surface area contributed by atoms with Crippen LogP contribution in [0.5, 0.6) is 0 Å². The maximum absolute atomic E-state index is 12.6. The lowest BCUT2D eigenvalue weighted by atomic mass is 10.2. The van der Waals surface area contributed by atoms with Crippen LogP contribution in [0.4, 0.5) is 17.2 Å². The summed E-state index contributed by atoms with van der Waals surface area (Å²) in [6, 6.07) is 17.3. The second-order valence-electron chi connectivity index (χ2n) is 7.21. The average Bonchev–Trinajstić information content (AvgIpc) is 3.45. The van der Waals surface area contributed by atoms with E-state index in [1.165, 1.54) is 0 Å². The van der Waals surface area contributed by atoms with E-state index >= 15 is 0 Å². The summed E-state index contributed by atoms with van der Waals surface area (Å²) < 4.78 is 35.1. The number of aryl methyl sites for hydroxylation is 1. The molecule has 0 spiro atoms. The van der Waals surface area contributed by atoms with Crippen molar-refractivity contribution < 1.29 is 12.8 Å². The molecule has 0 unspecified atom stereocenters. The number of aromatic nitrogens is 3. The minimum Gasteiger partial charge on any atom is -0.463 e. The fourth-order valence-corrected chi connectivity index (χ4v) is 4.36. The van der Waals surface area contributed by atoms with Crippen molar-refractivity contribution in [3.8, 4) is 11.5 Å². The topological polar surface area (TPSA) is 102 Å². The maximum Gasteiger partial charge on any atom is 0.261 e. The van der Waals surface area contributed by atoms with Crippen LogP contribution in [0.1, 0.15) is 5.56 Å². The third-order valence-corrected chi connectivity index (χ3v) is 6.33. The van der Waals surface area contributed by atoms with E-state index in [1.54, 1.807) is 67.2 Å². The van der Waals surface area contributed by atoms with E-state index in [1.807, 2.05) is 29.7 Å². The van der Waals surface area contributed by atoms with Crippen LogP contribution in [0.2, 0.25) is 0 Å². The highest BCUT2D eigenvalue weighted by Gasteiger charge is 2.15. The van der Waals surface area contributed by atoms with Gasteiger partial charge in [-0.25, -0.2) is 18.4 Å². The van der Waals surface area contributed by atoms with Gasteiger partial charge in [-0.05, 0) is 55.5 Å². The van der Waals surface area contributed by atoms with E-state index in [2.05, 4.69) is 20.0 Å². The first-order valence-electron chi connectivity index (χ1n) is 9.82. The van der Waals surface area contributed by atoms with Crippen molar-refractivity contribution >= 4 is 32.9 Å². The Morgan fingerprint density at radius 1 is 0.938 bits per heavy atom. The van der Waals surface area contributed by atoms with Gasteiger partial charge in [0.2, 0.25) is 0 Å². The van der Waals surface area contributed by atoms with Gasteiger partial charge in [-0.2, -0.15) is 0 Å². The molecule has 0 saturated carbocycles. The Morgan fingerprint density at radius 3 is 2.41 bits per heavy atom. The molecule has 0 radical (unpaired) electrons. The van der Waals surface area contributed by atoms with E-state index in [0.29, 0.717) is 22.9 Å². The number of fused-ring (bicyclic) bond motifs is 1. The molecule has 0 aliphatic heterocycles. The van der Waals surface area contributed by atoms with E-state index in [0.717, 1.165) is 16.9 Å². The van der Waals surface area contributed by atoms with Gasteiger partial charge in [-0.1, -0.05) is 17.7 Å². The third kappa shape index (κ3) is 3.81. The zero-order valence-corrected chi connectivity index (χ0v) is 17.9. The normalized spacial score (nSPS) is 11.5. The van der Waals surface area contributed by atoms with Gasteiger partial charge in [0.1, 0.15) is 5.69 Å². The van der Waals surface area contributed by atoms with Crippen LogP contribution >= 0.6 is 0 Å². The minimum absolute atomic E-state index is 0.216. The number of anilines is 3. The molecule has 32 heavy (non-hydrogen) atoms. The minimum atomic E-state index is -3.65. The highest BCUT2D eigenvalue weighted by molar-refractivity contribution is 7.92. The van der Waals surface area contributed by atoms with Gasteiger partial charge in [0, 0.05) is 23.8 Å². The predicted octanol–water partition coefficient (Wildman–Crippen LogP) is 4.84. The number of rotatable bonds is 6. The summed E-state index contributed by atoms with van der Waals surface area (Å²) in [4.78, 5) is 9.07. The molecule has 2 aromatic carbocycles. The van der Waals surface area contributed by atoms with Crippen LogP contribution in [-0.2, 0) is 10.0 Å². The standard InChI is InChI=1S/C23H19N5O3S/c1-16-4-10-19(11-5-16)32(29,30)27-18-8-6-17(7-9-18)26-22-23-25-15-20(21-3-2-14-31-21)28(23)13-12-24-22/h2-15,27H,1H3,(H,24,26). The fourth-order valence-electron chi connectivity index (χ4n) is 3.30. The lowest BCUT2D eigenvalue weighted by molar-refractivity contribution is 0.579. The van der Waals surface area contributed by atoms with E-state index in [-0.39, 0.29) is 4.90 Å². The Morgan fingerprint density at radius 2 is 1.69 bits per heavy atom. The summed E-state index contributed by atoms with van der Waals surface area (Å²) in [6.07, 6.45) is 6.83. The Hall–Kier alpha value is -4.11. The number of benzene rings is 2. The molecule has 0 atom stereocenters. The molecule has 2 N–H and O–H groups in total. The number of imidazole rings is 1. The van der Waals surface area contributed by atoms with Crippen LogP contribution in [0.15, 0.2) is 94.8 Å². The lowest BCUT2D eigenvalue weighted by Gasteiger charge is -2.10. The number of nitrogens with one attached hydrogen (secondary N) is 2. The van der Waals surface area contributed by atoms with E-state index < -0.39 is 10.0 Å². The van der Waals surface area contributed by atoms with Gasteiger partial charge in [0.15, 0.2) is 17.2 Å². The molecule has 8 nitrogen and oxygen atoms in total. The predicted molar refractivity (Wildman–Crippen MR) is 122 cm³/mol. The zero-order chi connectivity index (χ0) is 22.1. The number of hydrogen-bond acceptors (Lipinski definition) is 6. The van der Waals surface area contributed by atoms with Crippen LogP contribution in [0, 0.1) is 6.92 Å². The summed E-state index contributed by atoms with van der Waals surface area (Å²) in [7, 11) is -3.65. The second kappa shape index (κ2) is 7.86. The first-order chi connectivity index (χ1) is 15.5. The Labute approximate surface area is 184 Å². The molecule has 0 amide bonds. The Kier molecular flexibility index (Phi) is 4.87. The van der Waals surface area contributed by atoms with E-state index in [4.69, 9.17) is 4.42 Å². The highest BCUT2D eigenvalue weighted by Crippen LogP contribution is 2.26. The number of furan rings is 1. The van der Waals surface area contributed by atoms with Gasteiger partial charge >= 0.3 is 0 Å². The maximum atomic E-state index is 12.6. The van der Waals surface area contributed by atoms with Crippen LogP contribution in [0.25, 0.3) is 17.1 Å². The molecule has 0 aliphatic carbocycles. The fraction of sp³-hybridized carbons (Fsp3) is 0.0435. The van der Waals surface area contributed by atoms with Crippen molar-refractivity contribution in [3.05, 3.63) is 91.1 Å². The average molecular weight is 446 g/mol. The number of sulfonamides is 1. The van der Waals surface area contributed by atoms with Gasteiger partial charge in [-0.3, -0.25) is 9.12 Å². The molecule has 0 fully saturated rings. The van der Waals surface area contributed by atoms with Gasteiger partial charge < -0.3 is 9.73 Å². The highest BCUT2D eigenvalue weighted by atomic mass is 32.2. The summed E-state index contributed by atoms with van der Waals surface area (Å²) >= 11 is 0. The molecule has 3 aromatic heterocycles. The molecular formula is C23H19N5O3S. The van der Waals surface area contributed by atoms with E-state index in [9.17, 15) is 8.42 Å².